The van der Waals surface area contributed by atoms with E-state index in [1.807, 2.05) is 44.2 Å². The minimum absolute atomic E-state index is 0.0410. The average molecular weight is 386 g/mol. The van der Waals surface area contributed by atoms with Crippen molar-refractivity contribution in [3.63, 3.8) is 0 Å². The Kier molecular flexibility index (Phi) is 4.89. The summed E-state index contributed by atoms with van der Waals surface area (Å²) in [5.74, 6) is -0.921. The van der Waals surface area contributed by atoms with Crippen molar-refractivity contribution in [2.45, 2.75) is 26.7 Å². The summed E-state index contributed by atoms with van der Waals surface area (Å²) in [6.45, 7) is 4.52. The Balaban J connectivity index is 1.87. The maximum absolute atomic E-state index is 13.1. The molecule has 0 radical (unpaired) electrons. The molecule has 1 aliphatic rings. The lowest BCUT2D eigenvalue weighted by Crippen LogP contribution is -2.28. The molecule has 0 aliphatic carbocycles. The SMILES string of the molecule is Cc1ccc(-c2c(CC(=O)O)c(C)cc3c2CCN3C(=O)c2ccncc2)cc1. The van der Waals surface area contributed by atoms with Crippen LogP contribution in [0.5, 0.6) is 0 Å². The molecule has 5 heteroatoms. The van der Waals surface area contributed by atoms with E-state index in [0.29, 0.717) is 18.5 Å². The van der Waals surface area contributed by atoms with Crippen molar-refractivity contribution >= 4 is 17.6 Å². The first-order chi connectivity index (χ1) is 14.0. The summed E-state index contributed by atoms with van der Waals surface area (Å²) in [6, 6.07) is 13.5. The second-order valence-electron chi connectivity index (χ2n) is 7.42. The number of aryl methyl sites for hydroxylation is 2. The molecular formula is C24H22N2O3. The highest BCUT2D eigenvalue weighted by molar-refractivity contribution is 6.08. The predicted octanol–water partition coefficient (Wildman–Crippen LogP) is 4.20. The van der Waals surface area contributed by atoms with Crippen LogP contribution in [0.1, 0.15) is 32.6 Å². The quantitative estimate of drug-likeness (QED) is 0.730. The second-order valence-corrected chi connectivity index (χ2v) is 7.42. The summed E-state index contributed by atoms with van der Waals surface area (Å²) in [4.78, 5) is 30.4. The van der Waals surface area contributed by atoms with E-state index in [1.54, 1.807) is 29.4 Å². The predicted molar refractivity (Wildman–Crippen MR) is 112 cm³/mol. The molecule has 0 saturated heterocycles. The summed E-state index contributed by atoms with van der Waals surface area (Å²) in [5.41, 5.74) is 7.29. The zero-order chi connectivity index (χ0) is 20.5. The van der Waals surface area contributed by atoms with Crippen molar-refractivity contribution in [2.75, 3.05) is 11.4 Å². The first-order valence-corrected chi connectivity index (χ1v) is 9.62. The number of aliphatic carboxylic acids is 1. The minimum Gasteiger partial charge on any atom is -0.481 e. The van der Waals surface area contributed by atoms with E-state index in [1.165, 1.54) is 0 Å². The van der Waals surface area contributed by atoms with Gasteiger partial charge in [0.1, 0.15) is 0 Å². The minimum atomic E-state index is -0.857. The van der Waals surface area contributed by atoms with Crippen molar-refractivity contribution < 1.29 is 14.7 Å². The zero-order valence-electron chi connectivity index (χ0n) is 16.5. The number of carbonyl (C=O) groups excluding carboxylic acids is 1. The van der Waals surface area contributed by atoms with E-state index in [9.17, 15) is 14.7 Å². The van der Waals surface area contributed by atoms with Gasteiger partial charge in [0.2, 0.25) is 0 Å². The fraction of sp³-hybridized carbons (Fsp3) is 0.208. The molecule has 0 spiro atoms. The number of fused-ring (bicyclic) bond motifs is 1. The van der Waals surface area contributed by atoms with Crippen molar-refractivity contribution in [2.24, 2.45) is 0 Å². The van der Waals surface area contributed by atoms with Crippen LogP contribution < -0.4 is 4.90 Å². The highest BCUT2D eigenvalue weighted by atomic mass is 16.4. The number of carboxylic acid groups (broad SMARTS) is 1. The first kappa shape index (κ1) is 18.9. The van der Waals surface area contributed by atoms with Crippen molar-refractivity contribution in [1.82, 2.24) is 4.98 Å². The van der Waals surface area contributed by atoms with E-state index < -0.39 is 5.97 Å². The molecule has 0 unspecified atom stereocenters. The molecule has 0 saturated carbocycles. The Bertz CT molecular complexity index is 1090. The number of aromatic nitrogens is 1. The lowest BCUT2D eigenvalue weighted by Gasteiger charge is -2.21. The Hall–Kier alpha value is -3.47. The summed E-state index contributed by atoms with van der Waals surface area (Å²) in [6.07, 6.45) is 3.88. The standard InChI is InChI=1S/C24H22N2O3/c1-15-3-5-17(6-4-15)23-19-9-12-26(24(29)18-7-10-25-11-8-18)21(19)13-16(2)20(23)14-22(27)28/h3-8,10-11,13H,9,12,14H2,1-2H3,(H,27,28). The van der Waals surface area contributed by atoms with Gasteiger partial charge in [0.25, 0.3) is 5.91 Å². The number of rotatable bonds is 4. The number of amides is 1. The van der Waals surface area contributed by atoms with Gasteiger partial charge in [-0.25, -0.2) is 0 Å². The number of pyridine rings is 1. The topological polar surface area (TPSA) is 70.5 Å². The lowest BCUT2D eigenvalue weighted by atomic mass is 9.88. The van der Waals surface area contributed by atoms with Crippen LogP contribution in [0.4, 0.5) is 5.69 Å². The van der Waals surface area contributed by atoms with Crippen LogP contribution in [0.15, 0.2) is 54.9 Å². The fourth-order valence-electron chi connectivity index (χ4n) is 4.03. The largest absolute Gasteiger partial charge is 0.481 e. The summed E-state index contributed by atoms with van der Waals surface area (Å²) in [7, 11) is 0. The molecule has 5 nitrogen and oxygen atoms in total. The molecule has 1 amide bonds. The highest BCUT2D eigenvalue weighted by Crippen LogP contribution is 2.41. The van der Waals surface area contributed by atoms with Gasteiger partial charge in [-0.05, 0) is 66.3 Å². The van der Waals surface area contributed by atoms with Crippen LogP contribution >= 0.6 is 0 Å². The Labute approximate surface area is 169 Å². The van der Waals surface area contributed by atoms with Gasteiger partial charge in [0.15, 0.2) is 0 Å². The lowest BCUT2D eigenvalue weighted by molar-refractivity contribution is -0.136. The molecule has 29 heavy (non-hydrogen) atoms. The summed E-state index contributed by atoms with van der Waals surface area (Å²) < 4.78 is 0. The molecule has 4 rings (SSSR count). The Morgan fingerprint density at radius 3 is 2.41 bits per heavy atom. The first-order valence-electron chi connectivity index (χ1n) is 9.62. The van der Waals surface area contributed by atoms with E-state index in [4.69, 9.17) is 0 Å². The van der Waals surface area contributed by atoms with Crippen LogP contribution in [-0.4, -0.2) is 28.5 Å². The molecule has 0 fully saturated rings. The van der Waals surface area contributed by atoms with E-state index in [-0.39, 0.29) is 12.3 Å². The average Bonchev–Trinajstić information content (AvgIpc) is 3.12. The number of benzene rings is 2. The van der Waals surface area contributed by atoms with Crippen molar-refractivity contribution in [1.29, 1.82) is 0 Å². The van der Waals surface area contributed by atoms with Gasteiger partial charge >= 0.3 is 5.97 Å². The maximum atomic E-state index is 13.1. The fourth-order valence-corrected chi connectivity index (χ4v) is 4.03. The van der Waals surface area contributed by atoms with Gasteiger partial charge in [-0.2, -0.15) is 0 Å². The Morgan fingerprint density at radius 1 is 1.07 bits per heavy atom. The van der Waals surface area contributed by atoms with Gasteiger partial charge in [0.05, 0.1) is 6.42 Å². The third-order valence-corrected chi connectivity index (χ3v) is 5.46. The van der Waals surface area contributed by atoms with Gasteiger partial charge in [-0.15, -0.1) is 0 Å². The monoisotopic (exact) mass is 386 g/mol. The number of anilines is 1. The van der Waals surface area contributed by atoms with Crippen LogP contribution in [0, 0.1) is 13.8 Å². The number of carboxylic acids is 1. The number of hydrogen-bond donors (Lipinski definition) is 1. The molecule has 2 heterocycles. The molecule has 1 aromatic heterocycles. The van der Waals surface area contributed by atoms with Crippen molar-refractivity contribution in [3.05, 3.63) is 82.7 Å². The van der Waals surface area contributed by atoms with Gasteiger partial charge in [0, 0.05) is 30.2 Å². The van der Waals surface area contributed by atoms with Crippen molar-refractivity contribution in [3.8, 4) is 11.1 Å². The van der Waals surface area contributed by atoms with Crippen LogP contribution in [-0.2, 0) is 17.6 Å². The van der Waals surface area contributed by atoms with E-state index in [2.05, 4.69) is 4.98 Å². The molecule has 2 aromatic carbocycles. The normalized spacial score (nSPS) is 12.7. The molecule has 3 aromatic rings. The van der Waals surface area contributed by atoms with Gasteiger partial charge < -0.3 is 10.0 Å². The zero-order valence-corrected chi connectivity index (χ0v) is 16.5. The van der Waals surface area contributed by atoms with E-state index >= 15 is 0 Å². The van der Waals surface area contributed by atoms with Gasteiger partial charge in [-0.1, -0.05) is 29.8 Å². The Morgan fingerprint density at radius 2 is 1.76 bits per heavy atom. The molecular weight excluding hydrogens is 364 g/mol. The van der Waals surface area contributed by atoms with Crippen LogP contribution in [0.3, 0.4) is 0 Å². The second kappa shape index (κ2) is 7.51. The number of carbonyl (C=O) groups is 2. The highest BCUT2D eigenvalue weighted by Gasteiger charge is 2.30. The molecule has 146 valence electrons. The summed E-state index contributed by atoms with van der Waals surface area (Å²) >= 11 is 0. The smallest absolute Gasteiger partial charge is 0.307 e. The van der Waals surface area contributed by atoms with Crippen LogP contribution in [0.25, 0.3) is 11.1 Å². The van der Waals surface area contributed by atoms with E-state index in [0.717, 1.165) is 39.1 Å². The third-order valence-electron chi connectivity index (χ3n) is 5.46. The number of hydrogen-bond acceptors (Lipinski definition) is 3. The number of nitrogens with zero attached hydrogens (tertiary/aromatic N) is 2. The molecule has 1 N–H and O–H groups in total. The van der Waals surface area contributed by atoms with Gasteiger partial charge in [-0.3, -0.25) is 14.6 Å². The molecule has 0 bridgehead atoms. The molecule has 1 aliphatic heterocycles. The summed E-state index contributed by atoms with van der Waals surface area (Å²) in [5, 5.41) is 9.47. The van der Waals surface area contributed by atoms with Crippen LogP contribution in [0.2, 0.25) is 0 Å². The third kappa shape index (κ3) is 3.51. The maximum Gasteiger partial charge on any atom is 0.307 e. The molecule has 0 atom stereocenters.